The van der Waals surface area contributed by atoms with Crippen LogP contribution in [-0.2, 0) is 0 Å². The van der Waals surface area contributed by atoms with E-state index in [0.29, 0.717) is 23.4 Å². The minimum atomic E-state index is 0.429. The number of benzene rings is 3. The Balaban J connectivity index is 1.32. The van der Waals surface area contributed by atoms with Crippen molar-refractivity contribution in [3.63, 3.8) is 0 Å². The Morgan fingerprint density at radius 3 is 1.57 bits per heavy atom. The molecule has 7 heterocycles. The Morgan fingerprint density at radius 1 is 0.391 bits per heavy atom. The second-order valence-corrected chi connectivity index (χ2v) is 11.1. The Labute approximate surface area is 260 Å². The topological polar surface area (TPSA) is 100 Å². The molecule has 0 bridgehead atoms. The van der Waals surface area contributed by atoms with Crippen molar-refractivity contribution < 1.29 is 0 Å². The van der Waals surface area contributed by atoms with Gasteiger partial charge in [0.1, 0.15) is 17.0 Å². The summed E-state index contributed by atoms with van der Waals surface area (Å²) >= 11 is 0. The van der Waals surface area contributed by atoms with Gasteiger partial charge in [0.15, 0.2) is 5.82 Å². The van der Waals surface area contributed by atoms with Crippen molar-refractivity contribution in [3.05, 3.63) is 128 Å². The van der Waals surface area contributed by atoms with Crippen molar-refractivity contribution in [2.24, 2.45) is 0 Å². The third kappa shape index (κ3) is 3.53. The molecule has 3 aromatic carbocycles. The summed E-state index contributed by atoms with van der Waals surface area (Å²) in [5.74, 6) is 1.30. The zero-order valence-corrected chi connectivity index (χ0v) is 24.1. The first-order valence-electron chi connectivity index (χ1n) is 14.9. The molecule has 0 aliphatic heterocycles. The van der Waals surface area contributed by atoms with E-state index in [1.807, 2.05) is 69.8 Å². The summed E-state index contributed by atoms with van der Waals surface area (Å²) < 4.78 is 4.00. The molecule has 0 spiro atoms. The van der Waals surface area contributed by atoms with E-state index >= 15 is 0 Å². The molecular formula is C37H21N9. The maximum Gasteiger partial charge on any atom is 0.241 e. The lowest BCUT2D eigenvalue weighted by Crippen LogP contribution is -2.11. The lowest BCUT2D eigenvalue weighted by atomic mass is 10.1. The van der Waals surface area contributed by atoms with Gasteiger partial charge in [-0.2, -0.15) is 15.0 Å². The Bertz CT molecular complexity index is 2590. The highest BCUT2D eigenvalue weighted by Gasteiger charge is 2.21. The molecule has 0 saturated heterocycles. The third-order valence-corrected chi connectivity index (χ3v) is 8.54. The van der Waals surface area contributed by atoms with Crippen molar-refractivity contribution in [1.82, 2.24) is 44.0 Å². The average molecular weight is 592 g/mol. The summed E-state index contributed by atoms with van der Waals surface area (Å²) in [6, 6.07) is 36.6. The molecule has 0 radical (unpaired) electrons. The number of hydrogen-bond acceptors (Lipinski definition) is 7. The summed E-state index contributed by atoms with van der Waals surface area (Å²) in [4.78, 5) is 34.6. The summed E-state index contributed by atoms with van der Waals surface area (Å²) in [5, 5.41) is 6.16. The molecule has 0 atom stereocenters. The smallest absolute Gasteiger partial charge is 0.241 e. The molecule has 214 valence electrons. The normalized spacial score (nSPS) is 11.9. The molecule has 10 rings (SSSR count). The SMILES string of the molecule is c1cnc2c(c1)ccc1ccc(-c3nc(-n4c5ccccc5c5cccnc54)nc(-n4c5ccccc5c5cccnc54)n3)nc12. The van der Waals surface area contributed by atoms with Gasteiger partial charge < -0.3 is 0 Å². The molecule has 0 fully saturated rings. The van der Waals surface area contributed by atoms with Crippen LogP contribution in [0, 0.1) is 0 Å². The van der Waals surface area contributed by atoms with E-state index in [0.717, 1.165) is 65.7 Å². The largest absolute Gasteiger partial charge is 0.262 e. The predicted octanol–water partition coefficient (Wildman–Crippen LogP) is 7.62. The number of pyridine rings is 4. The van der Waals surface area contributed by atoms with E-state index < -0.39 is 0 Å². The van der Waals surface area contributed by atoms with Gasteiger partial charge in [-0.25, -0.2) is 15.0 Å². The zero-order valence-electron chi connectivity index (χ0n) is 24.1. The summed E-state index contributed by atoms with van der Waals surface area (Å²) in [6.45, 7) is 0. The fourth-order valence-electron chi connectivity index (χ4n) is 6.51. The molecule has 10 aromatic rings. The van der Waals surface area contributed by atoms with Gasteiger partial charge in [-0.1, -0.05) is 60.7 Å². The Morgan fingerprint density at radius 2 is 0.913 bits per heavy atom. The van der Waals surface area contributed by atoms with Gasteiger partial charge in [0.05, 0.1) is 22.1 Å². The van der Waals surface area contributed by atoms with Gasteiger partial charge >= 0.3 is 0 Å². The van der Waals surface area contributed by atoms with Gasteiger partial charge in [-0.05, 0) is 48.5 Å². The van der Waals surface area contributed by atoms with Gasteiger partial charge in [0.2, 0.25) is 11.9 Å². The molecule has 7 aromatic heterocycles. The molecule has 0 aliphatic rings. The maximum absolute atomic E-state index is 5.14. The van der Waals surface area contributed by atoms with Crippen LogP contribution in [-0.4, -0.2) is 44.0 Å². The Kier molecular flexibility index (Phi) is 5.09. The highest BCUT2D eigenvalue weighted by Crippen LogP contribution is 2.33. The lowest BCUT2D eigenvalue weighted by Gasteiger charge is -2.12. The molecule has 46 heavy (non-hydrogen) atoms. The highest BCUT2D eigenvalue weighted by atomic mass is 15.3. The van der Waals surface area contributed by atoms with Crippen LogP contribution in [0.3, 0.4) is 0 Å². The molecule has 9 nitrogen and oxygen atoms in total. The monoisotopic (exact) mass is 591 g/mol. The lowest BCUT2D eigenvalue weighted by molar-refractivity contribution is 0.881. The third-order valence-electron chi connectivity index (χ3n) is 8.54. The van der Waals surface area contributed by atoms with Crippen molar-refractivity contribution in [2.45, 2.75) is 0 Å². The maximum atomic E-state index is 5.14. The Hall–Kier alpha value is -6.61. The van der Waals surface area contributed by atoms with Crippen LogP contribution < -0.4 is 0 Å². The van der Waals surface area contributed by atoms with E-state index in [1.54, 1.807) is 18.6 Å². The molecule has 9 heteroatoms. The molecule has 0 N–H and O–H groups in total. The summed E-state index contributed by atoms with van der Waals surface area (Å²) in [6.07, 6.45) is 5.38. The van der Waals surface area contributed by atoms with Crippen LogP contribution in [0.25, 0.3) is 89.1 Å². The standard InChI is InChI=1S/C37H21N9/c1-3-13-29-24(9-1)26-11-6-20-39-34(26)45(29)36-42-33(28-18-17-23-16-15-22-8-5-19-38-31(22)32(23)41-28)43-37(44-36)46-30-14-4-2-10-25(30)27-12-7-21-40-35(27)46/h1-21H. The first-order chi connectivity index (χ1) is 22.8. The highest BCUT2D eigenvalue weighted by molar-refractivity contribution is 6.09. The summed E-state index contributed by atoms with van der Waals surface area (Å²) in [5.41, 5.74) is 5.63. The zero-order chi connectivity index (χ0) is 30.2. The van der Waals surface area contributed by atoms with Crippen LogP contribution in [0.2, 0.25) is 0 Å². The summed E-state index contributed by atoms with van der Waals surface area (Å²) in [7, 11) is 0. The number of nitrogens with zero attached hydrogens (tertiary/aromatic N) is 9. The first kappa shape index (κ1) is 24.8. The van der Waals surface area contributed by atoms with Crippen molar-refractivity contribution >= 4 is 65.7 Å². The van der Waals surface area contributed by atoms with Gasteiger partial charge in [-0.3, -0.25) is 14.1 Å². The van der Waals surface area contributed by atoms with Crippen molar-refractivity contribution in [2.75, 3.05) is 0 Å². The molecule has 0 amide bonds. The van der Waals surface area contributed by atoms with Crippen LogP contribution in [0.15, 0.2) is 128 Å². The number of aromatic nitrogens is 9. The number of para-hydroxylation sites is 2. The van der Waals surface area contributed by atoms with Gasteiger partial charge in [0, 0.05) is 50.9 Å². The van der Waals surface area contributed by atoms with E-state index in [4.69, 9.17) is 29.9 Å². The van der Waals surface area contributed by atoms with E-state index in [-0.39, 0.29) is 0 Å². The molecular weight excluding hydrogens is 570 g/mol. The van der Waals surface area contributed by atoms with E-state index in [9.17, 15) is 0 Å². The minimum Gasteiger partial charge on any atom is -0.262 e. The van der Waals surface area contributed by atoms with Crippen molar-refractivity contribution in [3.8, 4) is 23.4 Å². The number of rotatable bonds is 3. The predicted molar refractivity (Wildman–Crippen MR) is 180 cm³/mol. The van der Waals surface area contributed by atoms with Crippen LogP contribution in [0.5, 0.6) is 0 Å². The average Bonchev–Trinajstić information content (AvgIpc) is 3.64. The molecule has 0 aliphatic carbocycles. The van der Waals surface area contributed by atoms with Crippen molar-refractivity contribution in [1.29, 1.82) is 0 Å². The fourth-order valence-corrected chi connectivity index (χ4v) is 6.51. The second kappa shape index (κ2) is 9.44. The van der Waals surface area contributed by atoms with Gasteiger partial charge in [-0.15, -0.1) is 0 Å². The number of fused-ring (bicyclic) bond motifs is 9. The van der Waals surface area contributed by atoms with E-state index in [2.05, 4.69) is 53.5 Å². The quantitative estimate of drug-likeness (QED) is 0.195. The van der Waals surface area contributed by atoms with Crippen LogP contribution in [0.4, 0.5) is 0 Å². The van der Waals surface area contributed by atoms with Crippen LogP contribution >= 0.6 is 0 Å². The number of hydrogen-bond donors (Lipinski definition) is 0. The molecule has 0 unspecified atom stereocenters. The van der Waals surface area contributed by atoms with E-state index in [1.165, 1.54) is 0 Å². The van der Waals surface area contributed by atoms with Crippen LogP contribution in [0.1, 0.15) is 0 Å². The van der Waals surface area contributed by atoms with Gasteiger partial charge in [0.25, 0.3) is 0 Å². The second-order valence-electron chi connectivity index (χ2n) is 11.1. The minimum absolute atomic E-state index is 0.429. The fraction of sp³-hybridized carbons (Fsp3) is 0. The first-order valence-corrected chi connectivity index (χ1v) is 14.9. The molecule has 0 saturated carbocycles.